The van der Waals surface area contributed by atoms with E-state index in [1.54, 1.807) is 18.4 Å². The molecule has 1 atom stereocenters. The Kier molecular flexibility index (Phi) is 4.91. The monoisotopic (exact) mass is 301 g/mol. The van der Waals surface area contributed by atoms with E-state index in [0.29, 0.717) is 11.3 Å². The van der Waals surface area contributed by atoms with Crippen LogP contribution in [0.4, 0.5) is 5.69 Å². The molecule has 1 N–H and O–H groups in total. The van der Waals surface area contributed by atoms with Crippen LogP contribution in [0.15, 0.2) is 42.5 Å². The molecule has 0 aliphatic rings. The van der Waals surface area contributed by atoms with Crippen LogP contribution in [0.5, 0.6) is 0 Å². The first-order valence-corrected chi connectivity index (χ1v) is 8.45. The summed E-state index contributed by atoms with van der Waals surface area (Å²) in [5.41, 5.74) is 4.50. The van der Waals surface area contributed by atoms with Crippen LogP contribution in [-0.2, 0) is 16.6 Å². The zero-order valence-corrected chi connectivity index (χ0v) is 13.3. The van der Waals surface area contributed by atoms with E-state index in [9.17, 15) is 9.00 Å². The Bertz CT molecular complexity index is 675. The third kappa shape index (κ3) is 4.53. The minimum atomic E-state index is -0.914. The van der Waals surface area contributed by atoms with Crippen molar-refractivity contribution in [2.24, 2.45) is 0 Å². The van der Waals surface area contributed by atoms with Gasteiger partial charge in [0, 0.05) is 34.1 Å². The molecule has 0 radical (unpaired) electrons. The Labute approximate surface area is 127 Å². The summed E-state index contributed by atoms with van der Waals surface area (Å²) in [6.45, 7) is 4.00. The fraction of sp³-hybridized carbons (Fsp3) is 0.235. The van der Waals surface area contributed by atoms with E-state index in [2.05, 4.69) is 11.4 Å². The summed E-state index contributed by atoms with van der Waals surface area (Å²) < 4.78 is 11.3. The Morgan fingerprint density at radius 2 is 1.76 bits per heavy atom. The summed E-state index contributed by atoms with van der Waals surface area (Å²) >= 11 is 0. The van der Waals surface area contributed by atoms with Gasteiger partial charge in [-0.05, 0) is 54.8 Å². The Morgan fingerprint density at radius 3 is 2.38 bits per heavy atom. The minimum Gasteiger partial charge on any atom is -0.322 e. The van der Waals surface area contributed by atoms with Gasteiger partial charge >= 0.3 is 0 Å². The molecule has 110 valence electrons. The van der Waals surface area contributed by atoms with E-state index in [1.807, 2.05) is 38.1 Å². The van der Waals surface area contributed by atoms with Gasteiger partial charge < -0.3 is 5.32 Å². The van der Waals surface area contributed by atoms with Gasteiger partial charge in [-0.3, -0.25) is 9.00 Å². The van der Waals surface area contributed by atoms with Gasteiger partial charge in [0.25, 0.3) is 5.91 Å². The van der Waals surface area contributed by atoms with Crippen molar-refractivity contribution in [1.29, 1.82) is 0 Å². The highest BCUT2D eigenvalue weighted by Crippen LogP contribution is 2.15. The van der Waals surface area contributed by atoms with Crippen LogP contribution in [0.2, 0.25) is 0 Å². The van der Waals surface area contributed by atoms with Gasteiger partial charge in [-0.1, -0.05) is 18.2 Å². The fourth-order valence-electron chi connectivity index (χ4n) is 2.29. The molecule has 0 aromatic heterocycles. The molecule has 4 heteroatoms. The predicted molar refractivity (Wildman–Crippen MR) is 88.1 cm³/mol. The van der Waals surface area contributed by atoms with Crippen molar-refractivity contribution in [3.05, 3.63) is 64.7 Å². The fourth-order valence-corrected chi connectivity index (χ4v) is 2.94. The van der Waals surface area contributed by atoms with Gasteiger partial charge in [-0.2, -0.15) is 0 Å². The van der Waals surface area contributed by atoms with Crippen LogP contribution in [-0.4, -0.2) is 16.4 Å². The van der Waals surface area contributed by atoms with Crippen molar-refractivity contribution < 1.29 is 9.00 Å². The Hall–Kier alpha value is -1.94. The smallest absolute Gasteiger partial charge is 0.255 e. The first kappa shape index (κ1) is 15.4. The standard InChI is InChI=1S/C17H19NO2S/c1-12-7-13(2)9-16(8-12)18-17(19)15-6-4-5-14(10-15)11-21(3)20/h4-10H,11H2,1-3H3,(H,18,19). The Morgan fingerprint density at radius 1 is 1.10 bits per heavy atom. The molecule has 0 spiro atoms. The highest BCUT2D eigenvalue weighted by Gasteiger charge is 2.08. The quantitative estimate of drug-likeness (QED) is 0.940. The molecule has 0 aliphatic heterocycles. The summed E-state index contributed by atoms with van der Waals surface area (Å²) in [6, 6.07) is 13.2. The van der Waals surface area contributed by atoms with Crippen molar-refractivity contribution >= 4 is 22.4 Å². The first-order chi connectivity index (χ1) is 9.94. The summed E-state index contributed by atoms with van der Waals surface area (Å²) in [7, 11) is -0.914. The van der Waals surface area contributed by atoms with E-state index in [4.69, 9.17) is 0 Å². The molecule has 1 amide bonds. The lowest BCUT2D eigenvalue weighted by Crippen LogP contribution is -2.12. The number of amides is 1. The number of hydrogen-bond donors (Lipinski definition) is 1. The molecule has 1 unspecified atom stereocenters. The van der Waals surface area contributed by atoms with E-state index >= 15 is 0 Å². The minimum absolute atomic E-state index is 0.149. The number of carbonyl (C=O) groups excluding carboxylic acids is 1. The highest BCUT2D eigenvalue weighted by molar-refractivity contribution is 7.83. The number of carbonyl (C=O) groups is 1. The summed E-state index contributed by atoms with van der Waals surface area (Å²) in [6.07, 6.45) is 1.66. The SMILES string of the molecule is Cc1cc(C)cc(NC(=O)c2cccc(CS(C)=O)c2)c1. The maximum Gasteiger partial charge on any atom is 0.255 e. The largest absolute Gasteiger partial charge is 0.322 e. The Balaban J connectivity index is 2.18. The second kappa shape index (κ2) is 6.68. The number of nitrogens with one attached hydrogen (secondary N) is 1. The van der Waals surface area contributed by atoms with Crippen LogP contribution in [0.1, 0.15) is 27.0 Å². The van der Waals surface area contributed by atoms with E-state index in [1.165, 1.54) is 0 Å². The second-order valence-electron chi connectivity index (χ2n) is 5.25. The molecule has 3 nitrogen and oxygen atoms in total. The van der Waals surface area contributed by atoms with Crippen molar-refractivity contribution in [2.75, 3.05) is 11.6 Å². The third-order valence-corrected chi connectivity index (χ3v) is 3.78. The molecule has 0 fully saturated rings. The van der Waals surface area contributed by atoms with Crippen molar-refractivity contribution in [3.8, 4) is 0 Å². The van der Waals surface area contributed by atoms with Gasteiger partial charge in [0.15, 0.2) is 0 Å². The third-order valence-electron chi connectivity index (χ3n) is 3.04. The number of rotatable bonds is 4. The zero-order valence-electron chi connectivity index (χ0n) is 12.5. The number of hydrogen-bond acceptors (Lipinski definition) is 2. The lowest BCUT2D eigenvalue weighted by atomic mass is 10.1. The summed E-state index contributed by atoms with van der Waals surface area (Å²) in [5.74, 6) is 0.314. The van der Waals surface area contributed by atoms with Crippen LogP contribution in [0.3, 0.4) is 0 Å². The molecule has 0 aliphatic carbocycles. The summed E-state index contributed by atoms with van der Waals surface area (Å²) in [4.78, 5) is 12.3. The molecular weight excluding hydrogens is 282 g/mol. The van der Waals surface area contributed by atoms with Crippen LogP contribution < -0.4 is 5.32 Å². The average Bonchev–Trinajstić information content (AvgIpc) is 2.36. The molecule has 2 aromatic rings. The van der Waals surface area contributed by atoms with Crippen molar-refractivity contribution in [1.82, 2.24) is 0 Å². The molecule has 21 heavy (non-hydrogen) atoms. The van der Waals surface area contributed by atoms with Gasteiger partial charge in [-0.25, -0.2) is 0 Å². The molecular formula is C17H19NO2S. The molecule has 2 rings (SSSR count). The maximum absolute atomic E-state index is 12.3. The number of benzene rings is 2. The molecule has 0 saturated heterocycles. The molecule has 2 aromatic carbocycles. The zero-order chi connectivity index (χ0) is 15.4. The lowest BCUT2D eigenvalue weighted by molar-refractivity contribution is 0.102. The van der Waals surface area contributed by atoms with Crippen LogP contribution in [0, 0.1) is 13.8 Å². The van der Waals surface area contributed by atoms with Crippen molar-refractivity contribution in [3.63, 3.8) is 0 Å². The van der Waals surface area contributed by atoms with Crippen LogP contribution in [0.25, 0.3) is 0 Å². The molecule has 0 saturated carbocycles. The van der Waals surface area contributed by atoms with Gasteiger partial charge in [0.1, 0.15) is 0 Å². The summed E-state index contributed by atoms with van der Waals surface area (Å²) in [5, 5.41) is 2.91. The normalized spacial score (nSPS) is 12.0. The molecule has 0 heterocycles. The number of aryl methyl sites for hydroxylation is 2. The van der Waals surface area contributed by atoms with Crippen LogP contribution >= 0.6 is 0 Å². The maximum atomic E-state index is 12.3. The van der Waals surface area contributed by atoms with Gasteiger partial charge in [0.05, 0.1) is 0 Å². The predicted octanol–water partition coefficient (Wildman–Crippen LogP) is 3.43. The van der Waals surface area contributed by atoms with Crippen molar-refractivity contribution in [2.45, 2.75) is 19.6 Å². The van der Waals surface area contributed by atoms with Gasteiger partial charge in [-0.15, -0.1) is 0 Å². The second-order valence-corrected chi connectivity index (χ2v) is 6.68. The molecule has 0 bridgehead atoms. The first-order valence-electron chi connectivity index (χ1n) is 6.72. The topological polar surface area (TPSA) is 46.2 Å². The number of anilines is 1. The average molecular weight is 301 g/mol. The van der Waals surface area contributed by atoms with E-state index < -0.39 is 10.8 Å². The van der Waals surface area contributed by atoms with E-state index in [0.717, 1.165) is 22.4 Å². The lowest BCUT2D eigenvalue weighted by Gasteiger charge is -2.08. The van der Waals surface area contributed by atoms with Gasteiger partial charge in [0.2, 0.25) is 0 Å². The highest BCUT2D eigenvalue weighted by atomic mass is 32.2. The van der Waals surface area contributed by atoms with E-state index in [-0.39, 0.29) is 5.91 Å².